The fourth-order valence-electron chi connectivity index (χ4n) is 2.52. The normalized spacial score (nSPS) is 14.6. The van der Waals surface area contributed by atoms with E-state index >= 15 is 0 Å². The highest BCUT2D eigenvalue weighted by Crippen LogP contribution is 2.28. The molecule has 0 radical (unpaired) electrons. The first kappa shape index (κ1) is 13.1. The average Bonchev–Trinajstić information content (AvgIpc) is 2.97. The Labute approximate surface area is 124 Å². The van der Waals surface area contributed by atoms with E-state index in [4.69, 9.17) is 17.3 Å². The van der Waals surface area contributed by atoms with Crippen LogP contribution in [0.5, 0.6) is 0 Å². The minimum Gasteiger partial charge on any atom is -0.399 e. The first-order chi connectivity index (χ1) is 9.72. The van der Waals surface area contributed by atoms with Crippen LogP contribution in [0.15, 0.2) is 42.5 Å². The van der Waals surface area contributed by atoms with E-state index in [0.717, 1.165) is 24.5 Å². The molecule has 0 amide bonds. The minimum atomic E-state index is 0.633. The third kappa shape index (κ3) is 2.83. The molecule has 1 aliphatic heterocycles. The Hall–Kier alpha value is -1.87. The maximum absolute atomic E-state index is 6.16. The lowest BCUT2D eigenvalue weighted by Gasteiger charge is -2.18. The number of nitrogens with zero attached hydrogens (tertiary/aromatic N) is 1. The van der Waals surface area contributed by atoms with Gasteiger partial charge >= 0.3 is 0 Å². The number of hydrogen-bond acceptors (Lipinski definition) is 3. The van der Waals surface area contributed by atoms with E-state index < -0.39 is 0 Å². The summed E-state index contributed by atoms with van der Waals surface area (Å²) >= 11 is 6.16. The zero-order chi connectivity index (χ0) is 13.9. The van der Waals surface area contributed by atoms with Gasteiger partial charge in [0.05, 0.1) is 10.7 Å². The van der Waals surface area contributed by atoms with Crippen molar-refractivity contribution >= 4 is 34.4 Å². The number of benzene rings is 2. The zero-order valence-corrected chi connectivity index (χ0v) is 12.0. The van der Waals surface area contributed by atoms with Gasteiger partial charge in [0.25, 0.3) is 0 Å². The van der Waals surface area contributed by atoms with Crippen LogP contribution < -0.4 is 16.0 Å². The topological polar surface area (TPSA) is 41.3 Å². The molecule has 0 saturated carbocycles. The average molecular weight is 288 g/mol. The molecule has 2 aromatic rings. The monoisotopic (exact) mass is 287 g/mol. The second-order valence-electron chi connectivity index (χ2n) is 5.11. The van der Waals surface area contributed by atoms with E-state index in [-0.39, 0.29) is 0 Å². The lowest BCUT2D eigenvalue weighted by molar-refractivity contribution is 0.949. The van der Waals surface area contributed by atoms with Crippen LogP contribution in [0.4, 0.5) is 22.7 Å². The molecule has 104 valence electrons. The summed E-state index contributed by atoms with van der Waals surface area (Å²) in [5.41, 5.74) is 9.55. The van der Waals surface area contributed by atoms with Crippen LogP contribution in [0.3, 0.4) is 0 Å². The SMILES string of the molecule is Nc1ccc(Nc2ccc(N3CCCC3)cc2)c(Cl)c1. The van der Waals surface area contributed by atoms with Gasteiger partial charge in [-0.1, -0.05) is 11.6 Å². The van der Waals surface area contributed by atoms with Crippen LogP contribution in [-0.4, -0.2) is 13.1 Å². The molecule has 1 saturated heterocycles. The summed E-state index contributed by atoms with van der Waals surface area (Å²) in [4.78, 5) is 2.42. The number of rotatable bonds is 3. The molecule has 1 aliphatic rings. The Morgan fingerprint density at radius 1 is 1.00 bits per heavy atom. The van der Waals surface area contributed by atoms with Crippen molar-refractivity contribution in [2.75, 3.05) is 29.0 Å². The van der Waals surface area contributed by atoms with Gasteiger partial charge in [0.1, 0.15) is 0 Å². The number of nitrogen functional groups attached to an aromatic ring is 1. The van der Waals surface area contributed by atoms with Gasteiger partial charge in [-0.05, 0) is 55.3 Å². The zero-order valence-electron chi connectivity index (χ0n) is 11.3. The molecule has 0 spiro atoms. The smallest absolute Gasteiger partial charge is 0.0661 e. The van der Waals surface area contributed by atoms with Crippen molar-refractivity contribution in [1.29, 1.82) is 0 Å². The number of anilines is 4. The van der Waals surface area contributed by atoms with Gasteiger partial charge in [0.15, 0.2) is 0 Å². The van der Waals surface area contributed by atoms with E-state index in [1.165, 1.54) is 18.5 Å². The maximum atomic E-state index is 6.16. The van der Waals surface area contributed by atoms with E-state index in [9.17, 15) is 0 Å². The molecule has 1 heterocycles. The van der Waals surface area contributed by atoms with Gasteiger partial charge in [0, 0.05) is 30.2 Å². The summed E-state index contributed by atoms with van der Waals surface area (Å²) in [5.74, 6) is 0. The molecule has 0 aromatic heterocycles. The predicted octanol–water partition coefficient (Wildman–Crippen LogP) is 4.27. The van der Waals surface area contributed by atoms with Crippen molar-refractivity contribution in [3.8, 4) is 0 Å². The Bertz CT molecular complexity index is 589. The molecule has 4 heteroatoms. The standard InChI is InChI=1S/C16H18ClN3/c17-15-11-12(18)3-8-16(15)19-13-4-6-14(7-5-13)20-9-1-2-10-20/h3-8,11,19H,1-2,9-10,18H2. The first-order valence-corrected chi connectivity index (χ1v) is 7.27. The van der Waals surface area contributed by atoms with E-state index in [1.54, 1.807) is 6.07 Å². The van der Waals surface area contributed by atoms with Gasteiger partial charge in [-0.15, -0.1) is 0 Å². The van der Waals surface area contributed by atoms with E-state index in [0.29, 0.717) is 10.7 Å². The number of halogens is 1. The highest BCUT2D eigenvalue weighted by Gasteiger charge is 2.11. The molecule has 0 aliphatic carbocycles. The number of nitrogens with one attached hydrogen (secondary N) is 1. The lowest BCUT2D eigenvalue weighted by atomic mass is 10.2. The van der Waals surface area contributed by atoms with Crippen molar-refractivity contribution in [2.24, 2.45) is 0 Å². The predicted molar refractivity (Wildman–Crippen MR) is 87.0 cm³/mol. The van der Waals surface area contributed by atoms with Gasteiger partial charge in [-0.2, -0.15) is 0 Å². The van der Waals surface area contributed by atoms with Crippen LogP contribution in [0.1, 0.15) is 12.8 Å². The Kier molecular flexibility index (Phi) is 3.70. The minimum absolute atomic E-state index is 0.633. The Morgan fingerprint density at radius 3 is 2.35 bits per heavy atom. The summed E-state index contributed by atoms with van der Waals surface area (Å²) in [6.45, 7) is 2.33. The maximum Gasteiger partial charge on any atom is 0.0661 e. The summed E-state index contributed by atoms with van der Waals surface area (Å²) in [7, 11) is 0. The Morgan fingerprint density at radius 2 is 1.70 bits per heavy atom. The Balaban J connectivity index is 1.74. The molecule has 0 unspecified atom stereocenters. The quantitative estimate of drug-likeness (QED) is 0.829. The molecular formula is C16H18ClN3. The summed E-state index contributed by atoms with van der Waals surface area (Å²) in [6, 6.07) is 14.0. The van der Waals surface area contributed by atoms with Crippen LogP contribution in [-0.2, 0) is 0 Å². The van der Waals surface area contributed by atoms with Gasteiger partial charge < -0.3 is 16.0 Å². The fraction of sp³-hybridized carbons (Fsp3) is 0.250. The lowest BCUT2D eigenvalue weighted by Crippen LogP contribution is -2.17. The first-order valence-electron chi connectivity index (χ1n) is 6.89. The van der Waals surface area contributed by atoms with Crippen molar-refractivity contribution in [3.63, 3.8) is 0 Å². The third-order valence-electron chi connectivity index (χ3n) is 3.61. The van der Waals surface area contributed by atoms with Gasteiger partial charge in [0.2, 0.25) is 0 Å². The molecule has 3 nitrogen and oxygen atoms in total. The van der Waals surface area contributed by atoms with Crippen LogP contribution >= 0.6 is 11.6 Å². The van der Waals surface area contributed by atoms with Crippen LogP contribution in [0, 0.1) is 0 Å². The third-order valence-corrected chi connectivity index (χ3v) is 3.92. The second kappa shape index (κ2) is 5.63. The van der Waals surface area contributed by atoms with Crippen LogP contribution in [0.2, 0.25) is 5.02 Å². The molecule has 2 aromatic carbocycles. The number of nitrogens with two attached hydrogens (primary N) is 1. The van der Waals surface area contributed by atoms with Gasteiger partial charge in [-0.25, -0.2) is 0 Å². The second-order valence-corrected chi connectivity index (χ2v) is 5.51. The van der Waals surface area contributed by atoms with Crippen molar-refractivity contribution in [1.82, 2.24) is 0 Å². The largest absolute Gasteiger partial charge is 0.399 e. The summed E-state index contributed by atoms with van der Waals surface area (Å²) in [5, 5.41) is 3.94. The van der Waals surface area contributed by atoms with E-state index in [2.05, 4.69) is 34.5 Å². The van der Waals surface area contributed by atoms with Crippen molar-refractivity contribution in [2.45, 2.75) is 12.8 Å². The molecule has 3 rings (SSSR count). The fourth-order valence-corrected chi connectivity index (χ4v) is 2.76. The van der Waals surface area contributed by atoms with Gasteiger partial charge in [-0.3, -0.25) is 0 Å². The highest BCUT2D eigenvalue weighted by molar-refractivity contribution is 6.33. The number of hydrogen-bond donors (Lipinski definition) is 2. The highest BCUT2D eigenvalue weighted by atomic mass is 35.5. The van der Waals surface area contributed by atoms with Crippen LogP contribution in [0.25, 0.3) is 0 Å². The molecule has 0 bridgehead atoms. The molecule has 3 N–H and O–H groups in total. The molecule has 20 heavy (non-hydrogen) atoms. The van der Waals surface area contributed by atoms with Crippen molar-refractivity contribution < 1.29 is 0 Å². The molecule has 0 atom stereocenters. The van der Waals surface area contributed by atoms with E-state index in [1.807, 2.05) is 12.1 Å². The molecule has 1 fully saturated rings. The summed E-state index contributed by atoms with van der Waals surface area (Å²) < 4.78 is 0. The summed E-state index contributed by atoms with van der Waals surface area (Å²) in [6.07, 6.45) is 2.59. The molecular weight excluding hydrogens is 270 g/mol. The van der Waals surface area contributed by atoms with Crippen molar-refractivity contribution in [3.05, 3.63) is 47.5 Å².